The first-order valence-electron chi connectivity index (χ1n) is 9.61. The molecule has 4 rings (SSSR count). The molecule has 30 heavy (non-hydrogen) atoms. The fourth-order valence-corrected chi connectivity index (χ4v) is 3.94. The zero-order chi connectivity index (χ0) is 21.1. The average molecular weight is 423 g/mol. The predicted molar refractivity (Wildman–Crippen MR) is 116 cm³/mol. The van der Waals surface area contributed by atoms with Gasteiger partial charge >= 0.3 is 0 Å². The second-order valence-electron chi connectivity index (χ2n) is 6.76. The van der Waals surface area contributed by atoms with Crippen LogP contribution in [0, 0.1) is 0 Å². The number of nitrogens with one attached hydrogen (secondary N) is 2. The molecular formula is C22H21N3O4S. The standard InChI is InChI=1S/C22H21N3O4S/c1-3-28-18-7-5-4-6-16(18)22-24-15(12-30-22)11-20(26)23-14-8-9-19-17(10-14)25-21(27)13(2)29-19/h4-10,12-13H,3,11H2,1-2H3,(H,23,26)(H,25,27). The Bertz CT molecular complexity index is 1100. The minimum absolute atomic E-state index is 0.143. The first-order valence-corrected chi connectivity index (χ1v) is 10.5. The minimum Gasteiger partial charge on any atom is -0.493 e. The maximum absolute atomic E-state index is 12.5. The second-order valence-corrected chi connectivity index (χ2v) is 7.62. The molecule has 0 bridgehead atoms. The van der Waals surface area contributed by atoms with Crippen LogP contribution in [-0.2, 0) is 16.0 Å². The molecular weight excluding hydrogens is 402 g/mol. The maximum atomic E-state index is 12.5. The molecule has 2 heterocycles. The van der Waals surface area contributed by atoms with Gasteiger partial charge in [0.25, 0.3) is 5.91 Å². The molecule has 0 radical (unpaired) electrons. The van der Waals surface area contributed by atoms with Gasteiger partial charge in [0.2, 0.25) is 5.91 Å². The number of nitrogens with zero attached hydrogens (tertiary/aromatic N) is 1. The summed E-state index contributed by atoms with van der Waals surface area (Å²) < 4.78 is 11.2. The first kappa shape index (κ1) is 19.9. The summed E-state index contributed by atoms with van der Waals surface area (Å²) in [5.41, 5.74) is 2.71. The van der Waals surface area contributed by atoms with Crippen molar-refractivity contribution < 1.29 is 19.1 Å². The normalized spacial score (nSPS) is 15.0. The number of thiazole rings is 1. The van der Waals surface area contributed by atoms with E-state index in [2.05, 4.69) is 15.6 Å². The van der Waals surface area contributed by atoms with Crippen LogP contribution in [0.1, 0.15) is 19.5 Å². The van der Waals surface area contributed by atoms with E-state index in [1.165, 1.54) is 11.3 Å². The molecule has 1 atom stereocenters. The Morgan fingerprint density at radius 1 is 1.30 bits per heavy atom. The first-order chi connectivity index (χ1) is 14.5. The van der Waals surface area contributed by atoms with E-state index < -0.39 is 6.10 Å². The summed E-state index contributed by atoms with van der Waals surface area (Å²) in [6, 6.07) is 12.9. The van der Waals surface area contributed by atoms with E-state index in [4.69, 9.17) is 9.47 Å². The zero-order valence-electron chi connectivity index (χ0n) is 16.6. The Morgan fingerprint density at radius 2 is 2.13 bits per heavy atom. The Labute approximate surface area is 178 Å². The molecule has 1 unspecified atom stereocenters. The Hall–Kier alpha value is -3.39. The SMILES string of the molecule is CCOc1ccccc1-c1nc(CC(=O)Nc2ccc3c(c2)NC(=O)C(C)O3)cs1. The molecule has 0 aliphatic carbocycles. The van der Waals surface area contributed by atoms with Gasteiger partial charge in [0.1, 0.15) is 16.5 Å². The van der Waals surface area contributed by atoms with Gasteiger partial charge in [0.15, 0.2) is 6.10 Å². The number of rotatable bonds is 6. The second kappa shape index (κ2) is 8.54. The number of carbonyl (C=O) groups excluding carboxylic acids is 2. The van der Waals surface area contributed by atoms with Gasteiger partial charge in [-0.2, -0.15) is 0 Å². The van der Waals surface area contributed by atoms with E-state index in [1.807, 2.05) is 36.6 Å². The van der Waals surface area contributed by atoms with Crippen LogP contribution < -0.4 is 20.1 Å². The molecule has 2 N–H and O–H groups in total. The number of hydrogen-bond donors (Lipinski definition) is 2. The molecule has 2 amide bonds. The fraction of sp³-hybridized carbons (Fsp3) is 0.227. The molecule has 0 fully saturated rings. The van der Waals surface area contributed by atoms with Crippen molar-refractivity contribution in [1.29, 1.82) is 0 Å². The van der Waals surface area contributed by atoms with Gasteiger partial charge in [-0.05, 0) is 44.2 Å². The van der Waals surface area contributed by atoms with Crippen molar-refractivity contribution >= 4 is 34.5 Å². The van der Waals surface area contributed by atoms with E-state index in [9.17, 15) is 9.59 Å². The van der Waals surface area contributed by atoms with Crippen molar-refractivity contribution in [3.63, 3.8) is 0 Å². The summed E-state index contributed by atoms with van der Waals surface area (Å²) in [6.45, 7) is 4.19. The highest BCUT2D eigenvalue weighted by Gasteiger charge is 2.23. The minimum atomic E-state index is -0.537. The van der Waals surface area contributed by atoms with Crippen molar-refractivity contribution in [2.24, 2.45) is 0 Å². The summed E-state index contributed by atoms with van der Waals surface area (Å²) in [7, 11) is 0. The fourth-order valence-electron chi connectivity index (χ4n) is 3.09. The molecule has 3 aromatic rings. The van der Waals surface area contributed by atoms with E-state index >= 15 is 0 Å². The summed E-state index contributed by atoms with van der Waals surface area (Å²) in [5.74, 6) is 0.949. The van der Waals surface area contributed by atoms with Gasteiger partial charge in [0.05, 0.1) is 30.0 Å². The number of carbonyl (C=O) groups is 2. The van der Waals surface area contributed by atoms with Gasteiger partial charge in [0, 0.05) is 11.1 Å². The molecule has 154 valence electrons. The van der Waals surface area contributed by atoms with Gasteiger partial charge in [-0.15, -0.1) is 11.3 Å². The van der Waals surface area contributed by atoms with Crippen LogP contribution in [0.4, 0.5) is 11.4 Å². The molecule has 0 saturated heterocycles. The number of aromatic nitrogens is 1. The third-order valence-electron chi connectivity index (χ3n) is 4.50. The van der Waals surface area contributed by atoms with Crippen LogP contribution in [0.3, 0.4) is 0 Å². The molecule has 1 aromatic heterocycles. The van der Waals surface area contributed by atoms with Crippen LogP contribution in [0.5, 0.6) is 11.5 Å². The summed E-state index contributed by atoms with van der Waals surface area (Å²) in [4.78, 5) is 28.9. The van der Waals surface area contributed by atoms with Crippen molar-refractivity contribution in [1.82, 2.24) is 4.98 Å². The van der Waals surface area contributed by atoms with E-state index in [-0.39, 0.29) is 18.2 Å². The average Bonchev–Trinajstić information content (AvgIpc) is 3.18. The smallest absolute Gasteiger partial charge is 0.265 e. The number of ether oxygens (including phenoxy) is 2. The molecule has 0 saturated carbocycles. The largest absolute Gasteiger partial charge is 0.493 e. The number of hydrogen-bond acceptors (Lipinski definition) is 6. The summed E-state index contributed by atoms with van der Waals surface area (Å²) in [6.07, 6.45) is -0.394. The summed E-state index contributed by atoms with van der Waals surface area (Å²) in [5, 5.41) is 8.30. The zero-order valence-corrected chi connectivity index (χ0v) is 17.4. The number of para-hydroxylation sites is 1. The molecule has 1 aliphatic heterocycles. The van der Waals surface area contributed by atoms with E-state index in [0.717, 1.165) is 16.3 Å². The number of amides is 2. The van der Waals surface area contributed by atoms with Gasteiger partial charge in [-0.3, -0.25) is 9.59 Å². The van der Waals surface area contributed by atoms with Gasteiger partial charge in [-0.1, -0.05) is 12.1 Å². The third kappa shape index (κ3) is 4.28. The highest BCUT2D eigenvalue weighted by atomic mass is 32.1. The highest BCUT2D eigenvalue weighted by molar-refractivity contribution is 7.13. The van der Waals surface area contributed by atoms with Crippen LogP contribution in [0.2, 0.25) is 0 Å². The lowest BCUT2D eigenvalue weighted by molar-refractivity contribution is -0.122. The van der Waals surface area contributed by atoms with Crippen LogP contribution in [0.25, 0.3) is 10.6 Å². The topological polar surface area (TPSA) is 89.5 Å². The van der Waals surface area contributed by atoms with Crippen molar-refractivity contribution in [3.8, 4) is 22.1 Å². The van der Waals surface area contributed by atoms with E-state index in [0.29, 0.717) is 29.4 Å². The Morgan fingerprint density at radius 3 is 2.97 bits per heavy atom. The quantitative estimate of drug-likeness (QED) is 0.623. The molecule has 7 nitrogen and oxygen atoms in total. The number of fused-ring (bicyclic) bond motifs is 1. The Balaban J connectivity index is 1.43. The van der Waals surface area contributed by atoms with Gasteiger partial charge in [-0.25, -0.2) is 4.98 Å². The van der Waals surface area contributed by atoms with E-state index in [1.54, 1.807) is 25.1 Å². The monoisotopic (exact) mass is 423 g/mol. The van der Waals surface area contributed by atoms with Crippen LogP contribution in [0.15, 0.2) is 47.8 Å². The lowest BCUT2D eigenvalue weighted by atomic mass is 10.2. The molecule has 8 heteroatoms. The number of benzene rings is 2. The van der Waals surface area contributed by atoms with Crippen LogP contribution >= 0.6 is 11.3 Å². The summed E-state index contributed by atoms with van der Waals surface area (Å²) >= 11 is 1.47. The van der Waals surface area contributed by atoms with Crippen LogP contribution in [-0.4, -0.2) is 29.5 Å². The third-order valence-corrected chi connectivity index (χ3v) is 5.43. The highest BCUT2D eigenvalue weighted by Crippen LogP contribution is 2.33. The predicted octanol–water partition coefficient (Wildman–Crippen LogP) is 4.11. The van der Waals surface area contributed by atoms with Crippen molar-refractivity contribution in [3.05, 3.63) is 53.5 Å². The molecule has 2 aromatic carbocycles. The molecule has 1 aliphatic rings. The molecule has 0 spiro atoms. The van der Waals surface area contributed by atoms with Crippen molar-refractivity contribution in [2.45, 2.75) is 26.4 Å². The lowest BCUT2D eigenvalue weighted by Gasteiger charge is -2.23. The maximum Gasteiger partial charge on any atom is 0.265 e. The van der Waals surface area contributed by atoms with Gasteiger partial charge < -0.3 is 20.1 Å². The lowest BCUT2D eigenvalue weighted by Crippen LogP contribution is -2.34. The Kier molecular flexibility index (Phi) is 5.67. The number of anilines is 2. The van der Waals surface area contributed by atoms with Crippen molar-refractivity contribution in [2.75, 3.05) is 17.2 Å².